The zero-order valence-corrected chi connectivity index (χ0v) is 20.7. The minimum atomic E-state index is -3.81. The molecule has 8 nitrogen and oxygen atoms in total. The van der Waals surface area contributed by atoms with E-state index in [1.54, 1.807) is 17.0 Å². The Hall–Kier alpha value is -3.06. The number of hydrogen-bond acceptors (Lipinski definition) is 6. The fourth-order valence-corrected chi connectivity index (χ4v) is 5.44. The molecule has 0 saturated carbocycles. The molecular formula is C25H31N3O5S. The van der Waals surface area contributed by atoms with Crippen molar-refractivity contribution < 1.29 is 22.7 Å². The summed E-state index contributed by atoms with van der Waals surface area (Å²) >= 11 is 0. The summed E-state index contributed by atoms with van der Waals surface area (Å²) in [6.07, 6.45) is 5.52. The Balaban J connectivity index is 1.63. The van der Waals surface area contributed by atoms with E-state index in [2.05, 4.69) is 5.92 Å². The Kier molecular flexibility index (Phi) is 8.56. The quantitative estimate of drug-likeness (QED) is 0.506. The molecule has 0 spiro atoms. The van der Waals surface area contributed by atoms with Crippen LogP contribution in [0.2, 0.25) is 0 Å². The summed E-state index contributed by atoms with van der Waals surface area (Å²) in [5, 5.41) is 0. The summed E-state index contributed by atoms with van der Waals surface area (Å²) in [4.78, 5) is 16.6. The molecule has 2 aromatic carbocycles. The number of carbonyl (C=O) groups is 1. The van der Waals surface area contributed by atoms with Crippen LogP contribution in [0.1, 0.15) is 11.1 Å². The van der Waals surface area contributed by atoms with Gasteiger partial charge in [0.05, 0.1) is 27.3 Å². The topological polar surface area (TPSA) is 79.4 Å². The van der Waals surface area contributed by atoms with E-state index >= 15 is 0 Å². The number of benzene rings is 2. The highest BCUT2D eigenvalue weighted by molar-refractivity contribution is 7.89. The normalized spacial score (nSPS) is 14.6. The third-order valence-electron chi connectivity index (χ3n) is 5.78. The largest absolute Gasteiger partial charge is 0.497 e. The van der Waals surface area contributed by atoms with Crippen LogP contribution in [0.25, 0.3) is 0 Å². The molecule has 1 fully saturated rings. The number of nitrogens with zero attached hydrogens (tertiary/aromatic N) is 3. The highest BCUT2D eigenvalue weighted by atomic mass is 32.2. The van der Waals surface area contributed by atoms with Crippen molar-refractivity contribution in [2.24, 2.45) is 0 Å². The molecule has 0 aromatic heterocycles. The Morgan fingerprint density at radius 2 is 1.74 bits per heavy atom. The molecule has 0 bridgehead atoms. The maximum Gasteiger partial charge on any atom is 0.247 e. The SMILES string of the molecule is C#CCN(CC(=O)N1CCN(S(=O)(=O)c2cc(OC)ccc2OC)CC1)Cc1ccc(C)cc1. The number of terminal acetylenes is 1. The molecule has 182 valence electrons. The second-order valence-corrected chi connectivity index (χ2v) is 10.0. The molecule has 1 heterocycles. The minimum absolute atomic E-state index is 0.0485. The standard InChI is InChI=1S/C25H31N3O5S/c1-5-12-26(18-21-8-6-20(2)7-9-21)19-25(29)27-13-15-28(16-14-27)34(30,31)24-17-22(32-3)10-11-23(24)33-4/h1,6-11,17H,12-16,18-19H2,2-4H3. The lowest BCUT2D eigenvalue weighted by Gasteiger charge is -2.35. The maximum absolute atomic E-state index is 13.3. The van der Waals surface area contributed by atoms with Gasteiger partial charge in [-0.1, -0.05) is 35.7 Å². The summed E-state index contributed by atoms with van der Waals surface area (Å²) in [5.41, 5.74) is 2.25. The number of rotatable bonds is 9. The molecule has 2 aromatic rings. The fourth-order valence-electron chi connectivity index (χ4n) is 3.84. The Labute approximate surface area is 202 Å². The van der Waals surface area contributed by atoms with Crippen molar-refractivity contribution in [3.8, 4) is 23.8 Å². The summed E-state index contributed by atoms with van der Waals surface area (Å²) in [6, 6.07) is 12.8. The Morgan fingerprint density at radius 3 is 2.32 bits per heavy atom. The van der Waals surface area contributed by atoms with Crippen molar-refractivity contribution in [2.75, 3.05) is 53.5 Å². The van der Waals surface area contributed by atoms with Crippen LogP contribution in [0.5, 0.6) is 11.5 Å². The lowest BCUT2D eigenvalue weighted by molar-refractivity contribution is -0.133. The maximum atomic E-state index is 13.3. The van der Waals surface area contributed by atoms with Gasteiger partial charge >= 0.3 is 0 Å². The van der Waals surface area contributed by atoms with Crippen LogP contribution in [0.15, 0.2) is 47.4 Å². The van der Waals surface area contributed by atoms with E-state index in [1.807, 2.05) is 36.1 Å². The lowest BCUT2D eigenvalue weighted by Crippen LogP contribution is -2.52. The third kappa shape index (κ3) is 6.08. The number of hydrogen-bond donors (Lipinski definition) is 0. The molecule has 1 amide bonds. The predicted octanol–water partition coefficient (Wildman–Crippen LogP) is 1.98. The van der Waals surface area contributed by atoms with Gasteiger partial charge in [0, 0.05) is 38.8 Å². The first-order chi connectivity index (χ1) is 16.3. The minimum Gasteiger partial charge on any atom is -0.497 e. The van der Waals surface area contributed by atoms with Gasteiger partial charge in [-0.05, 0) is 24.6 Å². The van der Waals surface area contributed by atoms with E-state index in [0.29, 0.717) is 31.9 Å². The number of carbonyl (C=O) groups excluding carboxylic acids is 1. The molecule has 0 atom stereocenters. The summed E-state index contributed by atoms with van der Waals surface area (Å²) < 4.78 is 38.3. The average molecular weight is 486 g/mol. The Bertz CT molecular complexity index is 1130. The molecule has 0 unspecified atom stereocenters. The van der Waals surface area contributed by atoms with Gasteiger partial charge < -0.3 is 14.4 Å². The lowest BCUT2D eigenvalue weighted by atomic mass is 10.1. The van der Waals surface area contributed by atoms with Crippen LogP contribution in [0.3, 0.4) is 0 Å². The van der Waals surface area contributed by atoms with Crippen molar-refractivity contribution in [1.82, 2.24) is 14.1 Å². The average Bonchev–Trinajstić information content (AvgIpc) is 2.85. The van der Waals surface area contributed by atoms with Crippen LogP contribution < -0.4 is 9.47 Å². The molecule has 1 aliphatic rings. The van der Waals surface area contributed by atoms with Crippen LogP contribution in [0, 0.1) is 19.3 Å². The van der Waals surface area contributed by atoms with Crippen molar-refractivity contribution >= 4 is 15.9 Å². The van der Waals surface area contributed by atoms with E-state index in [-0.39, 0.29) is 36.2 Å². The molecular weight excluding hydrogens is 454 g/mol. The zero-order chi connectivity index (χ0) is 24.7. The highest BCUT2D eigenvalue weighted by Gasteiger charge is 2.32. The monoisotopic (exact) mass is 485 g/mol. The third-order valence-corrected chi connectivity index (χ3v) is 7.70. The molecule has 1 aliphatic heterocycles. The van der Waals surface area contributed by atoms with Crippen molar-refractivity contribution in [3.63, 3.8) is 0 Å². The Morgan fingerprint density at radius 1 is 1.06 bits per heavy atom. The molecule has 34 heavy (non-hydrogen) atoms. The van der Waals surface area contributed by atoms with Crippen molar-refractivity contribution in [3.05, 3.63) is 53.6 Å². The molecule has 0 aliphatic carbocycles. The van der Waals surface area contributed by atoms with Crippen LogP contribution in [-0.4, -0.2) is 81.9 Å². The van der Waals surface area contributed by atoms with Crippen molar-refractivity contribution in [1.29, 1.82) is 0 Å². The summed E-state index contributed by atoms with van der Waals surface area (Å²) in [7, 11) is -0.905. The smallest absolute Gasteiger partial charge is 0.247 e. The second kappa shape index (κ2) is 11.4. The van der Waals surface area contributed by atoms with Crippen LogP contribution in [-0.2, 0) is 21.4 Å². The number of aryl methyl sites for hydroxylation is 1. The predicted molar refractivity (Wildman–Crippen MR) is 130 cm³/mol. The van der Waals surface area contributed by atoms with E-state index in [1.165, 1.54) is 30.2 Å². The van der Waals surface area contributed by atoms with Gasteiger partial charge in [0.2, 0.25) is 15.9 Å². The first-order valence-electron chi connectivity index (χ1n) is 11.0. The molecule has 0 radical (unpaired) electrons. The molecule has 0 N–H and O–H groups in total. The van der Waals surface area contributed by atoms with Gasteiger partial charge in [0.15, 0.2) is 0 Å². The number of methoxy groups -OCH3 is 2. The van der Waals surface area contributed by atoms with Gasteiger partial charge in [0.25, 0.3) is 0 Å². The number of sulfonamides is 1. The fraction of sp³-hybridized carbons (Fsp3) is 0.400. The van der Waals surface area contributed by atoms with Gasteiger partial charge in [-0.3, -0.25) is 9.69 Å². The molecule has 1 saturated heterocycles. The van der Waals surface area contributed by atoms with Crippen LogP contribution in [0.4, 0.5) is 0 Å². The molecule has 3 rings (SSSR count). The van der Waals surface area contributed by atoms with Crippen LogP contribution >= 0.6 is 0 Å². The van der Waals surface area contributed by atoms with E-state index in [9.17, 15) is 13.2 Å². The first-order valence-corrected chi connectivity index (χ1v) is 12.4. The van der Waals surface area contributed by atoms with Gasteiger partial charge in [-0.15, -0.1) is 6.42 Å². The van der Waals surface area contributed by atoms with Gasteiger partial charge in [0.1, 0.15) is 16.4 Å². The van der Waals surface area contributed by atoms with E-state index in [4.69, 9.17) is 15.9 Å². The number of piperazine rings is 1. The number of amides is 1. The summed E-state index contributed by atoms with van der Waals surface area (Å²) in [6.45, 7) is 4.12. The van der Waals surface area contributed by atoms with Crippen molar-refractivity contribution in [2.45, 2.75) is 18.4 Å². The van der Waals surface area contributed by atoms with E-state index in [0.717, 1.165) is 5.56 Å². The first kappa shape index (κ1) is 25.6. The summed E-state index contributed by atoms with van der Waals surface area (Å²) in [5.74, 6) is 3.22. The highest BCUT2D eigenvalue weighted by Crippen LogP contribution is 2.31. The second-order valence-electron chi connectivity index (χ2n) is 8.14. The van der Waals surface area contributed by atoms with Gasteiger partial charge in [-0.25, -0.2) is 8.42 Å². The number of ether oxygens (including phenoxy) is 2. The zero-order valence-electron chi connectivity index (χ0n) is 19.9. The molecule has 9 heteroatoms. The van der Waals surface area contributed by atoms with E-state index < -0.39 is 10.0 Å². The van der Waals surface area contributed by atoms with Gasteiger partial charge in [-0.2, -0.15) is 4.31 Å².